The summed E-state index contributed by atoms with van der Waals surface area (Å²) in [4.78, 5) is 13.7. The molecule has 1 aliphatic heterocycles. The van der Waals surface area contributed by atoms with Crippen molar-refractivity contribution >= 4 is 22.8 Å². The summed E-state index contributed by atoms with van der Waals surface area (Å²) in [5.41, 5.74) is 4.51. The summed E-state index contributed by atoms with van der Waals surface area (Å²) in [6.45, 7) is 0. The monoisotopic (exact) mass is 281 g/mol. The first kappa shape index (κ1) is 11.9. The topological polar surface area (TPSA) is 29.1 Å². The average molecular weight is 281 g/mol. The van der Waals surface area contributed by atoms with E-state index in [2.05, 4.69) is 41.0 Å². The minimum atomic E-state index is 0.121. The highest BCUT2D eigenvalue weighted by atomic mass is 32.1. The maximum Gasteiger partial charge on any atom is 0.161 e. The van der Waals surface area contributed by atoms with Crippen LogP contribution in [0.25, 0.3) is 0 Å². The lowest BCUT2D eigenvalue weighted by Gasteiger charge is -2.33. The van der Waals surface area contributed by atoms with Crippen molar-refractivity contribution in [3.05, 3.63) is 63.5 Å². The minimum Gasteiger partial charge on any atom is -0.358 e. The minimum absolute atomic E-state index is 0.121. The summed E-state index contributed by atoms with van der Waals surface area (Å²) < 4.78 is 0. The van der Waals surface area contributed by atoms with E-state index in [-0.39, 0.29) is 5.92 Å². The number of carbonyl (C=O) groups excluding carboxylic acids is 1. The number of thiophene rings is 1. The summed E-state index contributed by atoms with van der Waals surface area (Å²) in [5, 5.41) is 5.58. The fourth-order valence-corrected chi connectivity index (χ4v) is 4.11. The summed E-state index contributed by atoms with van der Waals surface area (Å²) in [6.07, 6.45) is 2.63. The molecule has 1 aliphatic carbocycles. The largest absolute Gasteiger partial charge is 0.358 e. The van der Waals surface area contributed by atoms with Crippen LogP contribution in [0, 0.1) is 0 Å². The summed E-state index contributed by atoms with van der Waals surface area (Å²) >= 11 is 1.74. The predicted octanol–water partition coefficient (Wildman–Crippen LogP) is 4.31. The van der Waals surface area contributed by atoms with Crippen LogP contribution in [-0.4, -0.2) is 5.78 Å². The molecule has 0 bridgehead atoms. The third-order valence-corrected chi connectivity index (χ3v) is 5.07. The van der Waals surface area contributed by atoms with Crippen LogP contribution >= 0.6 is 11.3 Å². The van der Waals surface area contributed by atoms with E-state index < -0.39 is 0 Å². The van der Waals surface area contributed by atoms with Crippen molar-refractivity contribution in [1.82, 2.24) is 0 Å². The van der Waals surface area contributed by atoms with Gasteiger partial charge in [-0.2, -0.15) is 0 Å². The van der Waals surface area contributed by atoms with Crippen molar-refractivity contribution in [3.8, 4) is 0 Å². The molecule has 1 N–H and O–H groups in total. The van der Waals surface area contributed by atoms with Crippen LogP contribution in [0.3, 0.4) is 0 Å². The number of ketones is 1. The second kappa shape index (κ2) is 4.60. The Labute approximate surface area is 122 Å². The van der Waals surface area contributed by atoms with Gasteiger partial charge in [0.15, 0.2) is 5.78 Å². The third kappa shape index (κ3) is 1.74. The molecule has 100 valence electrons. The first-order chi connectivity index (χ1) is 9.84. The highest BCUT2D eigenvalue weighted by Crippen LogP contribution is 2.46. The van der Waals surface area contributed by atoms with Crippen molar-refractivity contribution in [1.29, 1.82) is 0 Å². The molecular weight excluding hydrogens is 266 g/mol. The Morgan fingerprint density at radius 1 is 1.10 bits per heavy atom. The molecule has 0 spiro atoms. The number of Topliss-reactive ketones (excluding diaryl/α,β-unsaturated/α-hetero) is 1. The van der Waals surface area contributed by atoms with Gasteiger partial charge in [0.1, 0.15) is 0 Å². The van der Waals surface area contributed by atoms with Crippen molar-refractivity contribution < 1.29 is 4.79 Å². The van der Waals surface area contributed by atoms with E-state index in [0.717, 1.165) is 29.8 Å². The molecule has 0 saturated heterocycles. The van der Waals surface area contributed by atoms with Crippen LogP contribution < -0.4 is 5.32 Å². The molecule has 0 saturated carbocycles. The molecule has 2 heterocycles. The number of allylic oxidation sites excluding steroid dienone is 2. The van der Waals surface area contributed by atoms with Gasteiger partial charge in [-0.05, 0) is 35.9 Å². The Hall–Kier alpha value is -1.87. The molecule has 1 atom stereocenters. The van der Waals surface area contributed by atoms with Gasteiger partial charge in [0.2, 0.25) is 0 Å². The van der Waals surface area contributed by atoms with Crippen LogP contribution in [0.1, 0.15) is 35.6 Å². The quantitative estimate of drug-likeness (QED) is 0.843. The van der Waals surface area contributed by atoms with Gasteiger partial charge in [0, 0.05) is 28.3 Å². The number of nitrogens with one attached hydrogen (secondary N) is 1. The van der Waals surface area contributed by atoms with Gasteiger partial charge in [0.25, 0.3) is 0 Å². The normalized spacial score (nSPS) is 21.2. The molecular formula is C17H15NOS. The smallest absolute Gasteiger partial charge is 0.161 e. The fraction of sp³-hybridized carbons (Fsp3) is 0.235. The third-order valence-electron chi connectivity index (χ3n) is 4.13. The lowest BCUT2D eigenvalue weighted by molar-refractivity contribution is -0.116. The Morgan fingerprint density at radius 2 is 2.00 bits per heavy atom. The Kier molecular flexibility index (Phi) is 2.74. The number of hydrogen-bond acceptors (Lipinski definition) is 3. The molecule has 3 heteroatoms. The second-order valence-corrected chi connectivity index (χ2v) is 6.31. The van der Waals surface area contributed by atoms with E-state index in [4.69, 9.17) is 0 Å². The number of carbonyl (C=O) groups is 1. The van der Waals surface area contributed by atoms with Crippen molar-refractivity contribution in [2.75, 3.05) is 5.32 Å². The maximum atomic E-state index is 12.5. The fourth-order valence-electron chi connectivity index (χ4n) is 3.26. The summed E-state index contributed by atoms with van der Waals surface area (Å²) in [6, 6.07) is 12.6. The molecule has 1 aromatic heterocycles. The van der Waals surface area contributed by atoms with Crippen LogP contribution in [0.15, 0.2) is 53.0 Å². The van der Waals surface area contributed by atoms with Gasteiger partial charge >= 0.3 is 0 Å². The number of benzene rings is 1. The van der Waals surface area contributed by atoms with Crippen LogP contribution in [0.2, 0.25) is 0 Å². The van der Waals surface area contributed by atoms with Crippen LogP contribution in [0.4, 0.5) is 5.69 Å². The lowest BCUT2D eigenvalue weighted by atomic mass is 9.78. The van der Waals surface area contributed by atoms with Gasteiger partial charge in [-0.1, -0.05) is 24.3 Å². The molecule has 0 amide bonds. The number of anilines is 1. The zero-order valence-corrected chi connectivity index (χ0v) is 11.9. The van der Waals surface area contributed by atoms with E-state index in [0.29, 0.717) is 12.2 Å². The summed E-state index contributed by atoms with van der Waals surface area (Å²) in [7, 11) is 0. The highest BCUT2D eigenvalue weighted by Gasteiger charge is 2.35. The molecule has 2 aromatic rings. The zero-order valence-electron chi connectivity index (χ0n) is 11.1. The first-order valence-electron chi connectivity index (χ1n) is 7.00. The molecule has 2 aliphatic rings. The molecule has 0 radical (unpaired) electrons. The van der Waals surface area contributed by atoms with Crippen molar-refractivity contribution in [2.24, 2.45) is 0 Å². The maximum absolute atomic E-state index is 12.5. The van der Waals surface area contributed by atoms with E-state index in [1.807, 2.05) is 6.07 Å². The molecule has 20 heavy (non-hydrogen) atoms. The molecule has 2 nitrogen and oxygen atoms in total. The van der Waals surface area contributed by atoms with Gasteiger partial charge in [-0.15, -0.1) is 11.3 Å². The average Bonchev–Trinajstić information content (AvgIpc) is 2.99. The second-order valence-electron chi connectivity index (χ2n) is 5.33. The zero-order chi connectivity index (χ0) is 13.5. The Balaban J connectivity index is 1.95. The first-order valence-corrected chi connectivity index (χ1v) is 7.88. The molecule has 0 fully saturated rings. The summed E-state index contributed by atoms with van der Waals surface area (Å²) in [5.74, 6) is 0.432. The van der Waals surface area contributed by atoms with Gasteiger partial charge < -0.3 is 5.32 Å². The van der Waals surface area contributed by atoms with E-state index >= 15 is 0 Å². The number of fused-ring (bicyclic) bond motifs is 1. The highest BCUT2D eigenvalue weighted by molar-refractivity contribution is 7.10. The predicted molar refractivity (Wildman–Crippen MR) is 82.1 cm³/mol. The molecule has 1 aromatic carbocycles. The van der Waals surface area contributed by atoms with Crippen molar-refractivity contribution in [2.45, 2.75) is 25.2 Å². The number of para-hydroxylation sites is 1. The number of hydrogen-bond donors (Lipinski definition) is 1. The standard InChI is InChI=1S/C17H15NOS/c19-14-8-3-7-13-17(14)16(15-9-4-10-20-15)11-5-1-2-6-12(11)18-13/h1-2,4-6,9-10,16,18H,3,7-8H2. The van der Waals surface area contributed by atoms with E-state index in [1.165, 1.54) is 10.4 Å². The van der Waals surface area contributed by atoms with E-state index in [9.17, 15) is 4.79 Å². The van der Waals surface area contributed by atoms with Crippen LogP contribution in [0.5, 0.6) is 0 Å². The Morgan fingerprint density at radius 3 is 2.85 bits per heavy atom. The van der Waals surface area contributed by atoms with E-state index in [1.54, 1.807) is 11.3 Å². The van der Waals surface area contributed by atoms with Gasteiger partial charge in [-0.3, -0.25) is 4.79 Å². The SMILES string of the molecule is O=C1CCCC2=C1C(c1cccs1)c1ccccc1N2. The van der Waals surface area contributed by atoms with Crippen molar-refractivity contribution in [3.63, 3.8) is 0 Å². The van der Waals surface area contributed by atoms with Gasteiger partial charge in [0.05, 0.1) is 5.92 Å². The Bertz CT molecular complexity index is 700. The number of rotatable bonds is 1. The molecule has 4 rings (SSSR count). The van der Waals surface area contributed by atoms with Gasteiger partial charge in [-0.25, -0.2) is 0 Å². The molecule has 1 unspecified atom stereocenters. The lowest BCUT2D eigenvalue weighted by Crippen LogP contribution is -2.26. The van der Waals surface area contributed by atoms with Crippen LogP contribution in [-0.2, 0) is 4.79 Å².